The maximum Gasteiger partial charge on any atom is 0.416 e. The Bertz CT molecular complexity index is 396. The van der Waals surface area contributed by atoms with Gasteiger partial charge in [-0.3, -0.25) is 0 Å². The van der Waals surface area contributed by atoms with Crippen LogP contribution in [0.25, 0.3) is 0 Å². The van der Waals surface area contributed by atoms with Gasteiger partial charge < -0.3 is 10.4 Å². The van der Waals surface area contributed by atoms with Gasteiger partial charge >= 0.3 is 6.18 Å². The van der Waals surface area contributed by atoms with E-state index in [9.17, 15) is 13.2 Å². The summed E-state index contributed by atoms with van der Waals surface area (Å²) in [6.07, 6.45) is -0.638. The minimum absolute atomic E-state index is 0.206. The first-order valence-corrected chi connectivity index (χ1v) is 6.96. The monoisotopic (exact) mass is 339 g/mol. The van der Waals surface area contributed by atoms with Crippen LogP contribution in [-0.4, -0.2) is 18.3 Å². The Hall–Kier alpha value is -0.750. The molecule has 0 aliphatic rings. The summed E-state index contributed by atoms with van der Waals surface area (Å²) >= 11 is 3.14. The molecule has 0 aromatic heterocycles. The van der Waals surface area contributed by atoms with Gasteiger partial charge in [0.2, 0.25) is 0 Å². The molecule has 0 unspecified atom stereocenters. The van der Waals surface area contributed by atoms with Crippen LogP contribution >= 0.6 is 15.9 Å². The van der Waals surface area contributed by atoms with Crippen molar-refractivity contribution < 1.29 is 18.3 Å². The van der Waals surface area contributed by atoms with Crippen molar-refractivity contribution in [1.82, 2.24) is 0 Å². The molecular weight excluding hydrogens is 323 g/mol. The van der Waals surface area contributed by atoms with Crippen LogP contribution in [0, 0.1) is 0 Å². The number of hydrogen-bond donors (Lipinski definition) is 2. The molecule has 0 saturated heterocycles. The number of nitrogens with one attached hydrogen (secondary N) is 1. The van der Waals surface area contributed by atoms with Crippen molar-refractivity contribution in [2.24, 2.45) is 0 Å². The van der Waals surface area contributed by atoms with Crippen molar-refractivity contribution in [3.8, 4) is 0 Å². The number of aliphatic hydroxyl groups excluding tert-OH is 1. The van der Waals surface area contributed by atoms with Gasteiger partial charge in [0.1, 0.15) is 0 Å². The number of halogens is 4. The molecule has 1 rings (SSSR count). The van der Waals surface area contributed by atoms with Gasteiger partial charge in [-0.1, -0.05) is 12.8 Å². The first-order valence-electron chi connectivity index (χ1n) is 6.16. The van der Waals surface area contributed by atoms with Gasteiger partial charge in [-0.2, -0.15) is 13.2 Å². The number of hydrogen-bond acceptors (Lipinski definition) is 2. The summed E-state index contributed by atoms with van der Waals surface area (Å²) in [6.45, 7) is 0.910. The minimum atomic E-state index is -4.31. The average molecular weight is 340 g/mol. The zero-order chi connectivity index (χ0) is 14.3. The Morgan fingerprint density at radius 1 is 1.11 bits per heavy atom. The Balaban J connectivity index is 2.43. The van der Waals surface area contributed by atoms with Gasteiger partial charge in [-0.15, -0.1) is 0 Å². The van der Waals surface area contributed by atoms with Gasteiger partial charge in [0, 0.05) is 23.3 Å². The quantitative estimate of drug-likeness (QED) is 0.720. The van der Waals surface area contributed by atoms with E-state index in [1.54, 1.807) is 0 Å². The summed E-state index contributed by atoms with van der Waals surface area (Å²) in [5.74, 6) is 0. The lowest BCUT2D eigenvalue weighted by Crippen LogP contribution is -2.07. The van der Waals surface area contributed by atoms with Crippen LogP contribution in [-0.2, 0) is 6.18 Å². The van der Waals surface area contributed by atoms with Crippen molar-refractivity contribution in [3.05, 3.63) is 28.2 Å². The highest BCUT2D eigenvalue weighted by Crippen LogP contribution is 2.33. The van der Waals surface area contributed by atoms with Crippen molar-refractivity contribution >= 4 is 21.6 Å². The van der Waals surface area contributed by atoms with E-state index in [-0.39, 0.29) is 6.61 Å². The van der Waals surface area contributed by atoms with Gasteiger partial charge in [-0.25, -0.2) is 0 Å². The number of anilines is 1. The van der Waals surface area contributed by atoms with Gasteiger partial charge in [0.25, 0.3) is 0 Å². The summed E-state index contributed by atoms with van der Waals surface area (Å²) < 4.78 is 37.8. The fraction of sp³-hybridized carbons (Fsp3) is 0.538. The Morgan fingerprint density at radius 2 is 1.79 bits per heavy atom. The molecule has 2 nitrogen and oxygen atoms in total. The Morgan fingerprint density at radius 3 is 2.37 bits per heavy atom. The summed E-state index contributed by atoms with van der Waals surface area (Å²) in [5.41, 5.74) is 0.00280. The molecule has 1 aromatic rings. The lowest BCUT2D eigenvalue weighted by Gasteiger charge is -2.12. The van der Waals surface area contributed by atoms with E-state index in [0.717, 1.165) is 37.8 Å². The zero-order valence-electron chi connectivity index (χ0n) is 10.4. The SMILES string of the molecule is OCCCCCCNc1ccc(C(F)(F)F)cc1Br. The lowest BCUT2D eigenvalue weighted by atomic mass is 10.2. The van der Waals surface area contributed by atoms with Crippen molar-refractivity contribution in [2.45, 2.75) is 31.9 Å². The predicted octanol–water partition coefficient (Wildman–Crippen LogP) is 4.43. The molecule has 19 heavy (non-hydrogen) atoms. The lowest BCUT2D eigenvalue weighted by molar-refractivity contribution is -0.137. The van der Waals surface area contributed by atoms with E-state index >= 15 is 0 Å². The summed E-state index contributed by atoms with van der Waals surface area (Å²) in [5, 5.41) is 11.7. The molecule has 6 heteroatoms. The first kappa shape index (κ1) is 16.3. The topological polar surface area (TPSA) is 32.3 Å². The molecule has 0 saturated carbocycles. The first-order chi connectivity index (χ1) is 8.95. The largest absolute Gasteiger partial charge is 0.416 e. The van der Waals surface area contributed by atoms with Crippen molar-refractivity contribution in [2.75, 3.05) is 18.5 Å². The molecule has 0 aliphatic heterocycles. The van der Waals surface area contributed by atoms with E-state index in [1.807, 2.05) is 0 Å². The molecule has 108 valence electrons. The number of benzene rings is 1. The molecule has 1 aromatic carbocycles. The molecule has 0 atom stereocenters. The molecule has 0 fully saturated rings. The van der Waals surface area contributed by atoms with E-state index in [0.29, 0.717) is 16.7 Å². The molecule has 2 N–H and O–H groups in total. The van der Waals surface area contributed by atoms with E-state index in [1.165, 1.54) is 6.07 Å². The number of unbranched alkanes of at least 4 members (excludes halogenated alkanes) is 3. The molecule has 0 radical (unpaired) electrons. The zero-order valence-corrected chi connectivity index (χ0v) is 12.0. The maximum atomic E-state index is 12.5. The molecule has 0 aliphatic carbocycles. The molecule has 0 heterocycles. The second-order valence-electron chi connectivity index (χ2n) is 4.26. The molecule has 0 amide bonds. The highest BCUT2D eigenvalue weighted by atomic mass is 79.9. The molecule has 0 spiro atoms. The number of alkyl halides is 3. The van der Waals surface area contributed by atoms with Gasteiger partial charge in [-0.05, 0) is 47.0 Å². The number of aliphatic hydroxyl groups is 1. The van der Waals surface area contributed by atoms with Crippen LogP contribution in [0.2, 0.25) is 0 Å². The minimum Gasteiger partial charge on any atom is -0.396 e. The number of rotatable bonds is 7. The Kier molecular flexibility index (Phi) is 6.65. The van der Waals surface area contributed by atoms with E-state index in [2.05, 4.69) is 21.2 Å². The van der Waals surface area contributed by atoms with Gasteiger partial charge in [0.15, 0.2) is 0 Å². The summed E-state index contributed by atoms with van der Waals surface area (Å²) in [7, 11) is 0. The highest BCUT2D eigenvalue weighted by Gasteiger charge is 2.30. The van der Waals surface area contributed by atoms with E-state index in [4.69, 9.17) is 5.11 Å². The fourth-order valence-corrected chi connectivity index (χ4v) is 2.17. The highest BCUT2D eigenvalue weighted by molar-refractivity contribution is 9.10. The van der Waals surface area contributed by atoms with Crippen LogP contribution in [0.1, 0.15) is 31.2 Å². The normalized spacial score (nSPS) is 11.6. The third-order valence-corrected chi connectivity index (χ3v) is 3.35. The van der Waals surface area contributed by atoms with Gasteiger partial charge in [0.05, 0.1) is 5.56 Å². The Labute approximate surface area is 119 Å². The standard InChI is InChI=1S/C13H17BrF3NO/c14-11-9-10(13(15,16)17)5-6-12(11)18-7-3-1-2-4-8-19/h5-6,9,18-19H,1-4,7-8H2. The van der Waals surface area contributed by atoms with Crippen molar-refractivity contribution in [1.29, 1.82) is 0 Å². The van der Waals surface area contributed by atoms with Crippen LogP contribution in [0.3, 0.4) is 0 Å². The average Bonchev–Trinajstić information content (AvgIpc) is 2.34. The second-order valence-corrected chi connectivity index (χ2v) is 5.11. The smallest absolute Gasteiger partial charge is 0.396 e. The fourth-order valence-electron chi connectivity index (χ4n) is 1.65. The predicted molar refractivity (Wildman–Crippen MR) is 73.2 cm³/mol. The third kappa shape index (κ3) is 5.82. The third-order valence-electron chi connectivity index (χ3n) is 2.70. The second kappa shape index (κ2) is 7.75. The summed E-state index contributed by atoms with van der Waals surface area (Å²) in [4.78, 5) is 0. The van der Waals surface area contributed by atoms with Crippen LogP contribution in [0.15, 0.2) is 22.7 Å². The van der Waals surface area contributed by atoms with E-state index < -0.39 is 11.7 Å². The van der Waals surface area contributed by atoms with Crippen molar-refractivity contribution in [3.63, 3.8) is 0 Å². The molecular formula is C13H17BrF3NO. The summed E-state index contributed by atoms with van der Waals surface area (Å²) in [6, 6.07) is 3.58. The van der Waals surface area contributed by atoms with Crippen LogP contribution < -0.4 is 5.32 Å². The van der Waals surface area contributed by atoms with Crippen LogP contribution in [0.5, 0.6) is 0 Å². The van der Waals surface area contributed by atoms with Crippen LogP contribution in [0.4, 0.5) is 18.9 Å². The maximum absolute atomic E-state index is 12.5. The molecule has 0 bridgehead atoms.